The number of aliphatic hydroxyl groups is 1. The lowest BCUT2D eigenvalue weighted by molar-refractivity contribution is -0.265. The highest BCUT2D eigenvalue weighted by atomic mass is 79.9. The van der Waals surface area contributed by atoms with Crippen molar-refractivity contribution in [1.29, 1.82) is 0 Å². The molecular formula is C13H17Br3O3. The first-order chi connectivity index (χ1) is 8.91. The van der Waals surface area contributed by atoms with E-state index in [1.807, 2.05) is 0 Å². The molecule has 0 aromatic carbocycles. The smallest absolute Gasteiger partial charge is 0.198 e. The molecule has 2 fully saturated rings. The van der Waals surface area contributed by atoms with Crippen LogP contribution >= 0.6 is 47.8 Å². The SMILES string of the molecule is COC1(OC)[C@@]2(Br)C[C@@H]3[C@@H](O)CCC[C@]31C(Br)=C2Br. The normalized spacial score (nSPS) is 47.7. The van der Waals surface area contributed by atoms with E-state index < -0.39 is 10.1 Å². The second-order valence-corrected chi connectivity index (χ2v) is 8.64. The van der Waals surface area contributed by atoms with Crippen molar-refractivity contribution in [3.8, 4) is 0 Å². The van der Waals surface area contributed by atoms with Crippen molar-refractivity contribution in [3.63, 3.8) is 0 Å². The van der Waals surface area contributed by atoms with Gasteiger partial charge in [0, 0.05) is 29.1 Å². The van der Waals surface area contributed by atoms with Crippen LogP contribution in [0.2, 0.25) is 0 Å². The predicted molar refractivity (Wildman–Crippen MR) is 83.7 cm³/mol. The predicted octanol–water partition coefficient (Wildman–Crippen LogP) is 3.68. The Hall–Kier alpha value is 1.06. The standard InChI is InChI=1S/C13H17Br3O3/c1-18-13(19-2)11-5-3-4-8(17)7(11)6-12(13,16)10(15)9(11)14/h7-8,17H,3-6H2,1-2H3/t7-,8+,11-,12-/m1/s1. The molecule has 0 unspecified atom stereocenters. The van der Waals surface area contributed by atoms with E-state index in [2.05, 4.69) is 47.8 Å². The summed E-state index contributed by atoms with van der Waals surface area (Å²) in [5, 5.41) is 10.4. The fourth-order valence-electron chi connectivity index (χ4n) is 4.61. The minimum atomic E-state index is -0.774. The van der Waals surface area contributed by atoms with Gasteiger partial charge < -0.3 is 14.6 Å². The summed E-state index contributed by atoms with van der Waals surface area (Å²) in [6.07, 6.45) is 3.30. The first-order valence-electron chi connectivity index (χ1n) is 6.45. The van der Waals surface area contributed by atoms with Crippen LogP contribution in [-0.2, 0) is 9.47 Å². The zero-order valence-corrected chi connectivity index (χ0v) is 15.6. The van der Waals surface area contributed by atoms with Gasteiger partial charge in [-0.2, -0.15) is 0 Å². The number of fused-ring (bicyclic) bond motifs is 1. The van der Waals surface area contributed by atoms with Gasteiger partial charge in [0.1, 0.15) is 4.32 Å². The Morgan fingerprint density at radius 1 is 1.21 bits per heavy atom. The number of alkyl halides is 1. The molecule has 0 aliphatic heterocycles. The molecule has 2 saturated carbocycles. The van der Waals surface area contributed by atoms with E-state index in [1.165, 1.54) is 0 Å². The maximum atomic E-state index is 10.4. The van der Waals surface area contributed by atoms with Crippen molar-refractivity contribution in [2.75, 3.05) is 14.2 Å². The monoisotopic (exact) mass is 458 g/mol. The molecule has 4 atom stereocenters. The highest BCUT2D eigenvalue weighted by Crippen LogP contribution is 2.77. The summed E-state index contributed by atoms with van der Waals surface area (Å²) in [5.74, 6) is -0.625. The molecule has 0 radical (unpaired) electrons. The van der Waals surface area contributed by atoms with Gasteiger partial charge in [-0.05, 0) is 25.7 Å². The summed E-state index contributed by atoms with van der Waals surface area (Å²) >= 11 is 11.3. The van der Waals surface area contributed by atoms with E-state index >= 15 is 0 Å². The molecule has 2 bridgehead atoms. The molecule has 0 heterocycles. The topological polar surface area (TPSA) is 38.7 Å². The van der Waals surface area contributed by atoms with Crippen LogP contribution in [0.15, 0.2) is 8.96 Å². The van der Waals surface area contributed by atoms with Crippen molar-refractivity contribution in [2.45, 2.75) is 41.9 Å². The Bertz CT molecular complexity index is 448. The lowest BCUT2D eigenvalue weighted by Gasteiger charge is -2.49. The zero-order valence-electron chi connectivity index (χ0n) is 10.9. The Balaban J connectivity index is 2.26. The molecule has 6 heteroatoms. The molecule has 108 valence electrons. The summed E-state index contributed by atoms with van der Waals surface area (Å²) in [6, 6.07) is 0. The molecule has 3 rings (SSSR count). The van der Waals surface area contributed by atoms with Crippen LogP contribution in [0.4, 0.5) is 0 Å². The molecule has 0 amide bonds. The average Bonchev–Trinajstić information content (AvgIpc) is 2.71. The van der Waals surface area contributed by atoms with Gasteiger partial charge in [-0.15, -0.1) is 0 Å². The van der Waals surface area contributed by atoms with E-state index in [-0.39, 0.29) is 17.4 Å². The van der Waals surface area contributed by atoms with Gasteiger partial charge in [-0.25, -0.2) is 0 Å². The third-order valence-electron chi connectivity index (χ3n) is 5.29. The third-order valence-corrected chi connectivity index (χ3v) is 9.77. The second-order valence-electron chi connectivity index (χ2n) is 5.70. The summed E-state index contributed by atoms with van der Waals surface area (Å²) < 4.78 is 13.5. The van der Waals surface area contributed by atoms with Crippen LogP contribution in [-0.4, -0.2) is 35.5 Å². The maximum absolute atomic E-state index is 10.4. The molecule has 1 spiro atoms. The first-order valence-corrected chi connectivity index (χ1v) is 8.82. The van der Waals surface area contributed by atoms with Crippen LogP contribution in [0.5, 0.6) is 0 Å². The Morgan fingerprint density at radius 3 is 2.42 bits per heavy atom. The molecule has 3 aliphatic rings. The Labute approximate surface area is 138 Å². The molecule has 1 N–H and O–H groups in total. The van der Waals surface area contributed by atoms with Gasteiger partial charge >= 0.3 is 0 Å². The minimum absolute atomic E-state index is 0.149. The third kappa shape index (κ3) is 1.39. The van der Waals surface area contributed by atoms with Crippen LogP contribution in [0.3, 0.4) is 0 Å². The molecule has 0 aromatic rings. The average molecular weight is 461 g/mol. The van der Waals surface area contributed by atoms with E-state index in [0.717, 1.165) is 34.6 Å². The van der Waals surface area contributed by atoms with E-state index in [9.17, 15) is 5.11 Å². The highest BCUT2D eigenvalue weighted by molar-refractivity contribution is 9.15. The summed E-state index contributed by atoms with van der Waals surface area (Å²) in [4.78, 5) is 0. The van der Waals surface area contributed by atoms with Crippen molar-refractivity contribution < 1.29 is 14.6 Å². The lowest BCUT2D eigenvalue weighted by atomic mass is 9.65. The van der Waals surface area contributed by atoms with E-state index in [0.29, 0.717) is 0 Å². The van der Waals surface area contributed by atoms with Gasteiger partial charge in [-0.3, -0.25) is 0 Å². The van der Waals surface area contributed by atoms with Gasteiger partial charge in [0.15, 0.2) is 5.79 Å². The van der Waals surface area contributed by atoms with E-state index in [1.54, 1.807) is 14.2 Å². The largest absolute Gasteiger partial charge is 0.393 e. The first kappa shape index (κ1) is 15.0. The number of halogens is 3. The Morgan fingerprint density at radius 2 is 1.84 bits per heavy atom. The van der Waals surface area contributed by atoms with Crippen LogP contribution in [0.1, 0.15) is 25.7 Å². The van der Waals surface area contributed by atoms with Crippen molar-refractivity contribution in [3.05, 3.63) is 8.96 Å². The summed E-state index contributed by atoms with van der Waals surface area (Å²) in [6.45, 7) is 0. The quantitative estimate of drug-likeness (QED) is 0.504. The Kier molecular flexibility index (Phi) is 3.57. The maximum Gasteiger partial charge on any atom is 0.198 e. The van der Waals surface area contributed by atoms with Crippen molar-refractivity contribution in [1.82, 2.24) is 0 Å². The summed E-state index contributed by atoms with van der Waals surface area (Å²) in [5.41, 5.74) is -0.309. The number of methoxy groups -OCH3 is 2. The van der Waals surface area contributed by atoms with E-state index in [4.69, 9.17) is 9.47 Å². The number of rotatable bonds is 2. The molecule has 0 aromatic heterocycles. The van der Waals surface area contributed by atoms with Crippen LogP contribution in [0.25, 0.3) is 0 Å². The van der Waals surface area contributed by atoms with Crippen molar-refractivity contribution in [2.24, 2.45) is 11.3 Å². The molecule has 3 nitrogen and oxygen atoms in total. The zero-order chi connectivity index (χ0) is 14.1. The summed E-state index contributed by atoms with van der Waals surface area (Å²) in [7, 11) is 3.38. The number of aliphatic hydroxyl groups excluding tert-OH is 1. The number of ether oxygens (including phenoxy) is 2. The van der Waals surface area contributed by atoms with Crippen LogP contribution < -0.4 is 0 Å². The second kappa shape index (κ2) is 4.53. The van der Waals surface area contributed by atoms with Gasteiger partial charge in [0.2, 0.25) is 0 Å². The van der Waals surface area contributed by atoms with Gasteiger partial charge in [-0.1, -0.05) is 47.8 Å². The van der Waals surface area contributed by atoms with Crippen LogP contribution in [0, 0.1) is 11.3 Å². The lowest BCUT2D eigenvalue weighted by Crippen LogP contribution is -2.57. The molecule has 3 aliphatic carbocycles. The number of hydrogen-bond acceptors (Lipinski definition) is 3. The van der Waals surface area contributed by atoms with Crippen molar-refractivity contribution >= 4 is 47.8 Å². The fraction of sp³-hybridized carbons (Fsp3) is 0.846. The molecule has 0 saturated heterocycles. The minimum Gasteiger partial charge on any atom is -0.393 e. The van der Waals surface area contributed by atoms with Gasteiger partial charge in [0.25, 0.3) is 0 Å². The highest BCUT2D eigenvalue weighted by Gasteiger charge is 2.80. The molecular weight excluding hydrogens is 444 g/mol. The fourth-order valence-corrected chi connectivity index (χ4v) is 7.97. The molecule has 19 heavy (non-hydrogen) atoms. The van der Waals surface area contributed by atoms with Gasteiger partial charge in [0.05, 0.1) is 11.5 Å². The number of hydrogen-bond donors (Lipinski definition) is 1.